The smallest absolute Gasteiger partial charge is 0.127 e. The zero-order chi connectivity index (χ0) is 13.3. The number of aryl methyl sites for hydroxylation is 1. The molecule has 0 spiro atoms. The van der Waals surface area contributed by atoms with Gasteiger partial charge in [0.15, 0.2) is 0 Å². The van der Waals surface area contributed by atoms with Crippen LogP contribution in [-0.2, 0) is 0 Å². The minimum absolute atomic E-state index is 0.233. The van der Waals surface area contributed by atoms with Gasteiger partial charge in [-0.1, -0.05) is 6.07 Å². The Morgan fingerprint density at radius 1 is 1.28 bits per heavy atom. The highest BCUT2D eigenvalue weighted by Crippen LogP contribution is 2.32. The molecule has 3 N–H and O–H groups in total. The van der Waals surface area contributed by atoms with Crippen molar-refractivity contribution in [3.8, 4) is 5.75 Å². The summed E-state index contributed by atoms with van der Waals surface area (Å²) in [6, 6.07) is 1.84. The normalized spacial score (nSPS) is 12.5. The lowest BCUT2D eigenvalue weighted by molar-refractivity contribution is 0.408. The molecule has 4 heteroatoms. The summed E-state index contributed by atoms with van der Waals surface area (Å²) in [5.74, 6) is 1.71. The van der Waals surface area contributed by atoms with Crippen molar-refractivity contribution >= 4 is 0 Å². The Hall–Kier alpha value is -1.81. The van der Waals surface area contributed by atoms with E-state index >= 15 is 0 Å². The average Bonchev–Trinajstić information content (AvgIpc) is 2.87. The van der Waals surface area contributed by atoms with Gasteiger partial charge in [0, 0.05) is 12.4 Å². The van der Waals surface area contributed by atoms with Crippen molar-refractivity contribution in [3.05, 3.63) is 46.5 Å². The second kappa shape index (κ2) is 4.82. The van der Waals surface area contributed by atoms with Crippen LogP contribution in [-0.4, -0.2) is 17.1 Å². The average molecular weight is 245 g/mol. The zero-order valence-corrected chi connectivity index (χ0v) is 11.2. The molecule has 0 radical (unpaired) electrons. The van der Waals surface area contributed by atoms with Crippen LogP contribution in [0.15, 0.2) is 18.5 Å². The summed E-state index contributed by atoms with van der Waals surface area (Å²) >= 11 is 0. The molecule has 1 aromatic carbocycles. The van der Waals surface area contributed by atoms with Crippen molar-refractivity contribution in [1.82, 2.24) is 9.97 Å². The molecule has 2 aromatic rings. The van der Waals surface area contributed by atoms with Crippen molar-refractivity contribution in [2.24, 2.45) is 5.73 Å². The van der Waals surface area contributed by atoms with Crippen LogP contribution in [0, 0.1) is 20.8 Å². The molecule has 1 unspecified atom stereocenters. The monoisotopic (exact) mass is 245 g/mol. The number of nitrogens with two attached hydrogens (primary N) is 1. The fourth-order valence-corrected chi connectivity index (χ4v) is 2.32. The van der Waals surface area contributed by atoms with Crippen molar-refractivity contribution < 1.29 is 4.74 Å². The number of H-pyrrole nitrogens is 1. The fraction of sp³-hybridized carbons (Fsp3) is 0.357. The summed E-state index contributed by atoms with van der Waals surface area (Å²) in [7, 11) is 1.70. The Morgan fingerprint density at radius 2 is 2.00 bits per heavy atom. The van der Waals surface area contributed by atoms with Crippen molar-refractivity contribution in [3.63, 3.8) is 0 Å². The number of nitrogens with one attached hydrogen (secondary N) is 1. The molecule has 0 saturated carbocycles. The number of nitrogens with zero attached hydrogens (tertiary/aromatic N) is 1. The molecule has 0 saturated heterocycles. The van der Waals surface area contributed by atoms with E-state index in [9.17, 15) is 0 Å². The largest absolute Gasteiger partial charge is 0.496 e. The Morgan fingerprint density at radius 3 is 2.56 bits per heavy atom. The van der Waals surface area contributed by atoms with Crippen LogP contribution < -0.4 is 10.5 Å². The summed E-state index contributed by atoms with van der Waals surface area (Å²) in [6.07, 6.45) is 3.50. The van der Waals surface area contributed by atoms with Gasteiger partial charge < -0.3 is 15.5 Å². The molecule has 1 atom stereocenters. The standard InChI is InChI=1S/C14H19N3O/c1-8-7-11(9(2)10(3)13(8)18-4)12(15)14-16-5-6-17-14/h5-7,12H,15H2,1-4H3,(H,16,17). The van der Waals surface area contributed by atoms with E-state index in [2.05, 4.69) is 29.9 Å². The molecule has 96 valence electrons. The first-order chi connectivity index (χ1) is 8.56. The molecule has 0 aliphatic rings. The zero-order valence-electron chi connectivity index (χ0n) is 11.2. The molecule has 0 fully saturated rings. The number of aromatic nitrogens is 2. The van der Waals surface area contributed by atoms with E-state index in [-0.39, 0.29) is 6.04 Å². The summed E-state index contributed by atoms with van der Waals surface area (Å²) in [5, 5.41) is 0. The quantitative estimate of drug-likeness (QED) is 0.872. The van der Waals surface area contributed by atoms with Gasteiger partial charge in [-0.2, -0.15) is 0 Å². The number of benzene rings is 1. The molecule has 18 heavy (non-hydrogen) atoms. The molecule has 0 bridgehead atoms. The highest BCUT2D eigenvalue weighted by Gasteiger charge is 2.18. The number of hydrogen-bond acceptors (Lipinski definition) is 3. The third-order valence-electron chi connectivity index (χ3n) is 3.42. The maximum atomic E-state index is 6.26. The Labute approximate surface area is 107 Å². The number of ether oxygens (including phenoxy) is 1. The van der Waals surface area contributed by atoms with Crippen molar-refractivity contribution in [2.45, 2.75) is 26.8 Å². The van der Waals surface area contributed by atoms with Gasteiger partial charge in [-0.15, -0.1) is 0 Å². The molecule has 0 aliphatic carbocycles. The van der Waals surface area contributed by atoms with E-state index in [0.717, 1.165) is 33.8 Å². The molecule has 1 heterocycles. The van der Waals surface area contributed by atoms with Crippen LogP contribution in [0.25, 0.3) is 0 Å². The molecule has 0 aliphatic heterocycles. The Kier molecular flexibility index (Phi) is 3.39. The van der Waals surface area contributed by atoms with E-state index in [4.69, 9.17) is 10.5 Å². The minimum Gasteiger partial charge on any atom is -0.496 e. The third kappa shape index (κ3) is 1.99. The first-order valence-electron chi connectivity index (χ1n) is 5.95. The van der Waals surface area contributed by atoms with Gasteiger partial charge in [-0.05, 0) is 43.0 Å². The molecule has 0 amide bonds. The van der Waals surface area contributed by atoms with E-state index < -0.39 is 0 Å². The lowest BCUT2D eigenvalue weighted by atomic mass is 9.94. The Bertz CT molecular complexity index is 547. The van der Waals surface area contributed by atoms with Crippen molar-refractivity contribution in [2.75, 3.05) is 7.11 Å². The number of rotatable bonds is 3. The van der Waals surface area contributed by atoms with Crippen LogP contribution in [0.2, 0.25) is 0 Å². The molecule has 2 rings (SSSR count). The summed E-state index contributed by atoms with van der Waals surface area (Å²) < 4.78 is 5.42. The minimum atomic E-state index is -0.233. The van der Waals surface area contributed by atoms with Crippen LogP contribution in [0.1, 0.15) is 34.1 Å². The fourth-order valence-electron chi connectivity index (χ4n) is 2.32. The van der Waals surface area contributed by atoms with Crippen LogP contribution >= 0.6 is 0 Å². The molecular formula is C14H19N3O. The highest BCUT2D eigenvalue weighted by molar-refractivity contribution is 5.50. The summed E-state index contributed by atoms with van der Waals surface area (Å²) in [4.78, 5) is 7.29. The second-order valence-electron chi connectivity index (χ2n) is 4.52. The third-order valence-corrected chi connectivity index (χ3v) is 3.42. The van der Waals surface area contributed by atoms with Gasteiger partial charge in [-0.3, -0.25) is 0 Å². The second-order valence-corrected chi connectivity index (χ2v) is 4.52. The number of methoxy groups -OCH3 is 1. The van der Waals surface area contributed by atoms with Crippen LogP contribution in [0.4, 0.5) is 0 Å². The van der Waals surface area contributed by atoms with Crippen LogP contribution in [0.5, 0.6) is 5.75 Å². The summed E-state index contributed by atoms with van der Waals surface area (Å²) in [5.41, 5.74) is 10.7. The predicted molar refractivity (Wildman–Crippen MR) is 71.8 cm³/mol. The first-order valence-corrected chi connectivity index (χ1v) is 5.95. The number of hydrogen-bond donors (Lipinski definition) is 2. The lowest BCUT2D eigenvalue weighted by Gasteiger charge is -2.19. The molecular weight excluding hydrogens is 226 g/mol. The predicted octanol–water partition coefficient (Wildman–Crippen LogP) is 2.39. The van der Waals surface area contributed by atoms with Gasteiger partial charge >= 0.3 is 0 Å². The maximum absolute atomic E-state index is 6.26. The van der Waals surface area contributed by atoms with E-state index in [1.165, 1.54) is 0 Å². The number of aromatic amines is 1. The van der Waals surface area contributed by atoms with E-state index in [0.29, 0.717) is 0 Å². The first kappa shape index (κ1) is 12.6. The van der Waals surface area contributed by atoms with E-state index in [1.54, 1.807) is 19.5 Å². The van der Waals surface area contributed by atoms with Gasteiger partial charge in [0.1, 0.15) is 11.6 Å². The van der Waals surface area contributed by atoms with Crippen LogP contribution in [0.3, 0.4) is 0 Å². The van der Waals surface area contributed by atoms with Gasteiger partial charge in [0.2, 0.25) is 0 Å². The van der Waals surface area contributed by atoms with Gasteiger partial charge in [0.25, 0.3) is 0 Å². The molecule has 4 nitrogen and oxygen atoms in total. The van der Waals surface area contributed by atoms with Gasteiger partial charge in [-0.25, -0.2) is 4.98 Å². The Balaban J connectivity index is 2.52. The SMILES string of the molecule is COc1c(C)cc(C(N)c2ncc[nH]2)c(C)c1C. The van der Waals surface area contributed by atoms with Crippen molar-refractivity contribution in [1.29, 1.82) is 0 Å². The lowest BCUT2D eigenvalue weighted by Crippen LogP contribution is -2.16. The highest BCUT2D eigenvalue weighted by atomic mass is 16.5. The van der Waals surface area contributed by atoms with E-state index in [1.807, 2.05) is 6.92 Å². The van der Waals surface area contributed by atoms with Gasteiger partial charge in [0.05, 0.1) is 13.2 Å². The topological polar surface area (TPSA) is 63.9 Å². The summed E-state index contributed by atoms with van der Waals surface area (Å²) in [6.45, 7) is 6.15. The number of imidazole rings is 1. The maximum Gasteiger partial charge on any atom is 0.127 e. The molecule has 1 aromatic heterocycles.